The van der Waals surface area contributed by atoms with Gasteiger partial charge in [0.15, 0.2) is 0 Å². The van der Waals surface area contributed by atoms with E-state index in [9.17, 15) is 15.0 Å². The molecule has 194 valence electrons. The summed E-state index contributed by atoms with van der Waals surface area (Å²) in [6.45, 7) is 6.13. The molecule has 4 nitrogen and oxygen atoms in total. The number of aliphatic hydroxyl groups excluding tert-OH is 1. The number of unbranched alkanes of at least 4 members (excludes halogenated alkanes) is 18. The number of carboxylic acids is 1. The second-order valence-corrected chi connectivity index (χ2v) is 9.98. The number of quaternary nitrogens is 1. The Hall–Kier alpha value is -0.610. The van der Waals surface area contributed by atoms with Crippen LogP contribution in [0.2, 0.25) is 0 Å². The van der Waals surface area contributed by atoms with Crippen molar-refractivity contribution in [2.24, 2.45) is 5.41 Å². The zero-order chi connectivity index (χ0) is 23.2. The highest BCUT2D eigenvalue weighted by Crippen LogP contribution is 2.35. The molecule has 0 bridgehead atoms. The van der Waals surface area contributed by atoms with Crippen LogP contribution in [0.5, 0.6) is 0 Å². The van der Waals surface area contributed by atoms with Crippen molar-refractivity contribution in [3.63, 3.8) is 0 Å². The Morgan fingerprint density at radius 2 is 0.875 bits per heavy atom. The van der Waals surface area contributed by atoms with E-state index in [1.165, 1.54) is 103 Å². The lowest BCUT2D eigenvalue weighted by molar-refractivity contribution is -0.324. The summed E-state index contributed by atoms with van der Waals surface area (Å²) in [5.74, 6) is -1.05. The number of aliphatic hydroxyl groups is 1. The molecular weight excluding hydrogens is 398 g/mol. The van der Waals surface area contributed by atoms with Crippen LogP contribution in [0.25, 0.3) is 0 Å². The Labute approximate surface area is 200 Å². The molecule has 0 aliphatic rings. The van der Waals surface area contributed by atoms with Gasteiger partial charge in [-0.05, 0) is 19.8 Å². The molecule has 0 amide bonds. The van der Waals surface area contributed by atoms with Crippen LogP contribution in [0, 0.1) is 5.41 Å². The van der Waals surface area contributed by atoms with Gasteiger partial charge in [-0.2, -0.15) is 0 Å². The van der Waals surface area contributed by atoms with Crippen LogP contribution in [0.1, 0.15) is 162 Å². The lowest BCUT2D eigenvalue weighted by atomic mass is 9.74. The van der Waals surface area contributed by atoms with E-state index in [0.29, 0.717) is 12.8 Å². The van der Waals surface area contributed by atoms with Gasteiger partial charge in [-0.25, -0.2) is 0 Å². The third-order valence-corrected chi connectivity index (χ3v) is 7.16. The van der Waals surface area contributed by atoms with E-state index in [-0.39, 0.29) is 6.15 Å². The fourth-order valence-electron chi connectivity index (χ4n) is 4.77. The summed E-state index contributed by atoms with van der Waals surface area (Å²) >= 11 is 0. The fraction of sp³-hybridized carbons (Fsp3) is 0.964. The van der Waals surface area contributed by atoms with Crippen LogP contribution in [0.15, 0.2) is 0 Å². The molecule has 0 fully saturated rings. The number of carbonyl (C=O) groups is 1. The summed E-state index contributed by atoms with van der Waals surface area (Å²) in [4.78, 5) is 12.0. The van der Waals surface area contributed by atoms with Gasteiger partial charge < -0.3 is 21.2 Å². The highest BCUT2D eigenvalue weighted by atomic mass is 16.4. The predicted molar refractivity (Wildman–Crippen MR) is 138 cm³/mol. The van der Waals surface area contributed by atoms with Crippen molar-refractivity contribution in [3.8, 4) is 0 Å². The lowest BCUT2D eigenvalue weighted by Gasteiger charge is -2.38. The first-order chi connectivity index (χ1) is 15.0. The molecule has 0 rings (SSSR count). The third kappa shape index (κ3) is 16.9. The molecule has 0 saturated heterocycles. The van der Waals surface area contributed by atoms with E-state index < -0.39 is 17.5 Å². The minimum Gasteiger partial charge on any atom is -0.549 e. The van der Waals surface area contributed by atoms with Crippen molar-refractivity contribution >= 4 is 5.97 Å². The van der Waals surface area contributed by atoms with Gasteiger partial charge in [-0.1, -0.05) is 142 Å². The largest absolute Gasteiger partial charge is 0.549 e. The summed E-state index contributed by atoms with van der Waals surface area (Å²) in [7, 11) is 0. The average Bonchev–Trinajstić information content (AvgIpc) is 2.74. The van der Waals surface area contributed by atoms with E-state index >= 15 is 0 Å². The fourth-order valence-corrected chi connectivity index (χ4v) is 4.77. The molecule has 0 spiro atoms. The lowest BCUT2D eigenvalue weighted by Crippen LogP contribution is -2.49. The second kappa shape index (κ2) is 23.5. The van der Waals surface area contributed by atoms with Gasteiger partial charge in [0, 0.05) is 5.41 Å². The van der Waals surface area contributed by atoms with Crippen LogP contribution in [0.3, 0.4) is 0 Å². The Kier molecular flexibility index (Phi) is 24.7. The van der Waals surface area contributed by atoms with Crippen molar-refractivity contribution in [1.29, 1.82) is 0 Å². The van der Waals surface area contributed by atoms with Gasteiger partial charge >= 0.3 is 0 Å². The first-order valence-corrected chi connectivity index (χ1v) is 13.9. The summed E-state index contributed by atoms with van der Waals surface area (Å²) in [5, 5.41) is 22.3. The molecular formula is C28H59NO3. The maximum atomic E-state index is 12.0. The zero-order valence-corrected chi connectivity index (χ0v) is 22.4. The Bertz CT molecular complexity index is 374. The number of hydrogen-bond donors (Lipinski definition) is 2. The topological polar surface area (TPSA) is 96.9 Å². The van der Waals surface area contributed by atoms with Crippen LogP contribution in [0.4, 0.5) is 0 Å². The smallest absolute Gasteiger partial charge is 0.0620 e. The monoisotopic (exact) mass is 457 g/mol. The Morgan fingerprint density at radius 3 is 1.09 bits per heavy atom. The second-order valence-electron chi connectivity index (χ2n) is 9.98. The summed E-state index contributed by atoms with van der Waals surface area (Å²) in [6.07, 6.45) is 25.0. The average molecular weight is 458 g/mol. The van der Waals surface area contributed by atoms with Gasteiger partial charge in [0.1, 0.15) is 0 Å². The number of carbonyl (C=O) groups excluding carboxylic acids is 1. The standard InChI is InChI=1S/C28H56O3.H3N/c1-4-6-8-10-12-14-16-18-20-22-24-28(26(3)29,27(30)31)25-23-21-19-17-15-13-11-9-7-5-2;/h26,29H,4-25H2,1-3H3,(H,30,31);1H3. The molecule has 0 aromatic rings. The molecule has 0 aliphatic heterocycles. The molecule has 0 aliphatic carbocycles. The number of carboxylic acid groups (broad SMARTS) is 1. The molecule has 4 heteroatoms. The van der Waals surface area contributed by atoms with Crippen molar-refractivity contribution in [3.05, 3.63) is 0 Å². The van der Waals surface area contributed by atoms with Crippen molar-refractivity contribution in [2.75, 3.05) is 0 Å². The van der Waals surface area contributed by atoms with E-state index in [4.69, 9.17) is 0 Å². The normalized spacial score (nSPS) is 12.5. The van der Waals surface area contributed by atoms with E-state index in [1.807, 2.05) is 0 Å². The van der Waals surface area contributed by atoms with E-state index in [2.05, 4.69) is 13.8 Å². The molecule has 0 heterocycles. The summed E-state index contributed by atoms with van der Waals surface area (Å²) in [5.41, 5.74) is -1.06. The van der Waals surface area contributed by atoms with Crippen LogP contribution < -0.4 is 11.3 Å². The molecule has 1 unspecified atom stereocenters. The minimum atomic E-state index is -1.06. The minimum absolute atomic E-state index is 0. The molecule has 1 atom stereocenters. The van der Waals surface area contributed by atoms with E-state index in [0.717, 1.165) is 25.7 Å². The SMILES string of the molecule is CCCCCCCCCCCCC(CCCCCCCCCCCC)(C(=O)[O-])C(C)O.[NH4+]. The predicted octanol–water partition coefficient (Wildman–Crippen LogP) is 8.10. The molecule has 0 aromatic heterocycles. The molecule has 32 heavy (non-hydrogen) atoms. The van der Waals surface area contributed by atoms with Gasteiger partial charge in [-0.15, -0.1) is 0 Å². The quantitative estimate of drug-likeness (QED) is 0.143. The van der Waals surface area contributed by atoms with Crippen molar-refractivity contribution in [2.45, 2.75) is 168 Å². The van der Waals surface area contributed by atoms with Gasteiger partial charge in [0.2, 0.25) is 0 Å². The highest BCUT2D eigenvalue weighted by Gasteiger charge is 2.35. The number of aliphatic carboxylic acids is 1. The first kappa shape index (κ1) is 33.6. The third-order valence-electron chi connectivity index (χ3n) is 7.16. The van der Waals surface area contributed by atoms with E-state index in [1.54, 1.807) is 6.92 Å². The van der Waals surface area contributed by atoms with Gasteiger partial charge in [-0.3, -0.25) is 0 Å². The highest BCUT2D eigenvalue weighted by molar-refractivity contribution is 5.73. The van der Waals surface area contributed by atoms with Gasteiger partial charge in [0.25, 0.3) is 0 Å². The maximum Gasteiger partial charge on any atom is 0.0620 e. The maximum absolute atomic E-state index is 12.0. The Balaban J connectivity index is 0. The molecule has 5 N–H and O–H groups in total. The summed E-state index contributed by atoms with van der Waals surface area (Å²) in [6, 6.07) is 0. The van der Waals surface area contributed by atoms with Crippen LogP contribution in [-0.4, -0.2) is 17.2 Å². The van der Waals surface area contributed by atoms with Crippen LogP contribution >= 0.6 is 0 Å². The van der Waals surface area contributed by atoms with Crippen LogP contribution in [-0.2, 0) is 4.79 Å². The molecule has 0 aromatic carbocycles. The zero-order valence-electron chi connectivity index (χ0n) is 22.4. The summed E-state index contributed by atoms with van der Waals surface area (Å²) < 4.78 is 0. The first-order valence-electron chi connectivity index (χ1n) is 13.9. The van der Waals surface area contributed by atoms with Crippen molar-refractivity contribution < 1.29 is 15.0 Å². The Morgan fingerprint density at radius 1 is 0.625 bits per heavy atom. The number of rotatable bonds is 24. The number of hydrogen-bond acceptors (Lipinski definition) is 3. The van der Waals surface area contributed by atoms with Gasteiger partial charge in [0.05, 0.1) is 12.1 Å². The molecule has 0 radical (unpaired) electrons. The van der Waals surface area contributed by atoms with Crippen molar-refractivity contribution in [1.82, 2.24) is 6.15 Å². The molecule has 0 saturated carbocycles.